The Kier molecular flexibility index (Phi) is 3.62. The molecule has 1 aromatic carbocycles. The number of anilines is 1. The van der Waals surface area contributed by atoms with Crippen LogP contribution in [0.25, 0.3) is 0 Å². The van der Waals surface area contributed by atoms with E-state index in [9.17, 15) is 8.42 Å². The van der Waals surface area contributed by atoms with Crippen LogP contribution in [0.3, 0.4) is 0 Å². The molecule has 1 fully saturated rings. The highest BCUT2D eigenvalue weighted by Crippen LogP contribution is 2.42. The molecule has 0 bridgehead atoms. The minimum Gasteiger partial charge on any atom is -0.330 e. The normalized spacial score (nSPS) is 22.8. The summed E-state index contributed by atoms with van der Waals surface area (Å²) >= 11 is 3.63. The molecule has 0 atom stereocenters. The molecule has 1 aliphatic carbocycles. The first-order valence-electron chi connectivity index (χ1n) is 6.79. The lowest BCUT2D eigenvalue weighted by Gasteiger charge is -2.34. The van der Waals surface area contributed by atoms with Crippen molar-refractivity contribution in [3.8, 4) is 0 Å². The van der Waals surface area contributed by atoms with Crippen molar-refractivity contribution < 1.29 is 8.42 Å². The quantitative estimate of drug-likeness (QED) is 0.781. The smallest absolute Gasteiger partial charge is 0.285 e. The molecule has 1 heterocycles. The molecule has 3 rings (SSSR count). The zero-order valence-electron chi connectivity index (χ0n) is 11.1. The average Bonchev–Trinajstić information content (AvgIpc) is 2.92. The maximum atomic E-state index is 12.0. The van der Waals surface area contributed by atoms with Crippen molar-refractivity contribution in [2.75, 3.05) is 16.8 Å². The number of benzene rings is 1. The van der Waals surface area contributed by atoms with E-state index < -0.39 is 10.0 Å². The van der Waals surface area contributed by atoms with Gasteiger partial charge in [-0.25, -0.2) is 0 Å². The number of rotatable bonds is 3. The van der Waals surface area contributed by atoms with Crippen LogP contribution in [0.2, 0.25) is 0 Å². The molecular weight excluding hydrogens is 340 g/mol. The topological polar surface area (TPSA) is 49.7 Å². The SMILES string of the molecule is O=S1(=O)N=CN(CC2(CBr)CCCC2)c2ccccc21. The van der Waals surface area contributed by atoms with Crippen LogP contribution in [0.15, 0.2) is 33.6 Å². The van der Waals surface area contributed by atoms with Crippen LogP contribution in [0, 0.1) is 5.41 Å². The maximum Gasteiger partial charge on any atom is 0.285 e. The van der Waals surface area contributed by atoms with E-state index in [1.807, 2.05) is 17.0 Å². The lowest BCUT2D eigenvalue weighted by molar-refractivity contribution is 0.362. The van der Waals surface area contributed by atoms with Crippen molar-refractivity contribution >= 4 is 38.0 Å². The second kappa shape index (κ2) is 5.15. The first-order chi connectivity index (χ1) is 9.56. The number of hydrogen-bond acceptors (Lipinski definition) is 3. The van der Waals surface area contributed by atoms with Crippen LogP contribution in [-0.4, -0.2) is 26.6 Å². The van der Waals surface area contributed by atoms with Gasteiger partial charge in [0, 0.05) is 11.9 Å². The van der Waals surface area contributed by atoms with Gasteiger partial charge in [0.05, 0.1) is 5.69 Å². The predicted octanol–water partition coefficient (Wildman–Crippen LogP) is 3.18. The van der Waals surface area contributed by atoms with Crippen molar-refractivity contribution in [3.63, 3.8) is 0 Å². The lowest BCUT2D eigenvalue weighted by atomic mass is 9.88. The molecular formula is C14H17BrN2O2S. The summed E-state index contributed by atoms with van der Waals surface area (Å²) in [6.45, 7) is 0.814. The second-order valence-corrected chi connectivity index (χ2v) is 7.79. The average molecular weight is 357 g/mol. The maximum absolute atomic E-state index is 12.0. The molecule has 0 saturated heterocycles. The van der Waals surface area contributed by atoms with E-state index in [0.717, 1.165) is 17.6 Å². The molecule has 6 heteroatoms. The van der Waals surface area contributed by atoms with Crippen LogP contribution in [-0.2, 0) is 10.0 Å². The highest BCUT2D eigenvalue weighted by molar-refractivity contribution is 9.09. The van der Waals surface area contributed by atoms with Crippen molar-refractivity contribution in [2.45, 2.75) is 30.6 Å². The molecule has 108 valence electrons. The number of nitrogens with zero attached hydrogens (tertiary/aromatic N) is 2. The van der Waals surface area contributed by atoms with E-state index in [4.69, 9.17) is 0 Å². The third kappa shape index (κ3) is 2.39. The molecule has 2 aliphatic rings. The third-order valence-electron chi connectivity index (χ3n) is 4.23. The number of hydrogen-bond donors (Lipinski definition) is 0. The lowest BCUT2D eigenvalue weighted by Crippen LogP contribution is -2.38. The third-order valence-corrected chi connectivity index (χ3v) is 6.69. The van der Waals surface area contributed by atoms with Crippen LogP contribution in [0.1, 0.15) is 25.7 Å². The monoisotopic (exact) mass is 356 g/mol. The Labute approximate surface area is 128 Å². The van der Waals surface area contributed by atoms with Gasteiger partial charge in [0.25, 0.3) is 10.0 Å². The fourth-order valence-corrected chi connectivity index (χ4v) is 4.89. The molecule has 0 N–H and O–H groups in total. The first-order valence-corrected chi connectivity index (χ1v) is 9.35. The molecule has 0 spiro atoms. The van der Waals surface area contributed by atoms with E-state index in [0.29, 0.717) is 4.90 Å². The molecule has 4 nitrogen and oxygen atoms in total. The van der Waals surface area contributed by atoms with Crippen LogP contribution in [0.5, 0.6) is 0 Å². The Morgan fingerprint density at radius 2 is 1.95 bits per heavy atom. The van der Waals surface area contributed by atoms with Gasteiger partial charge in [0.15, 0.2) is 0 Å². The molecule has 0 aromatic heterocycles. The molecule has 1 saturated carbocycles. The van der Waals surface area contributed by atoms with Crippen LogP contribution >= 0.6 is 15.9 Å². The molecule has 0 amide bonds. The van der Waals surface area contributed by atoms with Gasteiger partial charge in [-0.3, -0.25) is 0 Å². The fraction of sp³-hybridized carbons (Fsp3) is 0.500. The zero-order chi connectivity index (χ0) is 14.2. The van der Waals surface area contributed by atoms with E-state index >= 15 is 0 Å². The Bertz CT molecular complexity index is 636. The highest BCUT2D eigenvalue weighted by atomic mass is 79.9. The Morgan fingerprint density at radius 3 is 2.65 bits per heavy atom. The summed E-state index contributed by atoms with van der Waals surface area (Å²) in [5.41, 5.74) is 0.968. The van der Waals surface area contributed by atoms with Crippen molar-refractivity contribution in [2.24, 2.45) is 9.81 Å². The summed E-state index contributed by atoms with van der Waals surface area (Å²) < 4.78 is 27.7. The van der Waals surface area contributed by atoms with Gasteiger partial charge >= 0.3 is 0 Å². The van der Waals surface area contributed by atoms with E-state index in [-0.39, 0.29) is 5.41 Å². The van der Waals surface area contributed by atoms with Gasteiger partial charge in [-0.2, -0.15) is 8.42 Å². The van der Waals surface area contributed by atoms with E-state index in [1.165, 1.54) is 32.0 Å². The van der Waals surface area contributed by atoms with Gasteiger partial charge in [-0.15, -0.1) is 4.40 Å². The van der Waals surface area contributed by atoms with Gasteiger partial charge in [0.1, 0.15) is 11.2 Å². The largest absolute Gasteiger partial charge is 0.330 e. The van der Waals surface area contributed by atoms with Gasteiger partial charge in [-0.05, 0) is 30.4 Å². The Hall–Kier alpha value is -0.880. The van der Waals surface area contributed by atoms with Crippen molar-refractivity contribution in [3.05, 3.63) is 24.3 Å². The van der Waals surface area contributed by atoms with Gasteiger partial charge in [0.2, 0.25) is 0 Å². The van der Waals surface area contributed by atoms with Crippen LogP contribution in [0.4, 0.5) is 5.69 Å². The number of fused-ring (bicyclic) bond motifs is 1. The summed E-state index contributed by atoms with van der Waals surface area (Å²) in [4.78, 5) is 2.30. The summed E-state index contributed by atoms with van der Waals surface area (Å²) in [6, 6.07) is 7.10. The highest BCUT2D eigenvalue weighted by Gasteiger charge is 2.36. The molecule has 1 aromatic rings. The number of para-hydroxylation sites is 1. The van der Waals surface area contributed by atoms with E-state index in [2.05, 4.69) is 20.3 Å². The minimum absolute atomic E-state index is 0.222. The number of alkyl halides is 1. The summed E-state index contributed by atoms with van der Waals surface area (Å²) in [5, 5.41) is 0.944. The molecule has 0 unspecified atom stereocenters. The summed E-state index contributed by atoms with van der Waals surface area (Å²) in [5.74, 6) is 0. The van der Waals surface area contributed by atoms with Crippen LogP contribution < -0.4 is 4.90 Å². The number of sulfonamides is 1. The Morgan fingerprint density at radius 1 is 1.25 bits per heavy atom. The number of halogens is 1. The summed E-state index contributed by atoms with van der Waals surface area (Å²) in [6.07, 6.45) is 6.32. The standard InChI is InChI=1S/C14H17BrN2O2S/c15-9-14(7-3-4-8-14)10-17-11-16-20(18,19)13-6-2-1-5-12(13)17/h1-2,5-6,11H,3-4,7-10H2. The van der Waals surface area contributed by atoms with Crippen molar-refractivity contribution in [1.29, 1.82) is 0 Å². The molecule has 20 heavy (non-hydrogen) atoms. The second-order valence-electron chi connectivity index (χ2n) is 5.63. The zero-order valence-corrected chi connectivity index (χ0v) is 13.5. The summed E-state index contributed by atoms with van der Waals surface area (Å²) in [7, 11) is -3.52. The van der Waals surface area contributed by atoms with Gasteiger partial charge < -0.3 is 4.90 Å². The molecule has 1 aliphatic heterocycles. The predicted molar refractivity (Wildman–Crippen MR) is 84.2 cm³/mol. The minimum atomic E-state index is -3.52. The van der Waals surface area contributed by atoms with Crippen molar-refractivity contribution in [1.82, 2.24) is 0 Å². The first kappa shape index (κ1) is 14.1. The fourth-order valence-electron chi connectivity index (χ4n) is 3.10. The molecule has 0 radical (unpaired) electrons. The van der Waals surface area contributed by atoms with E-state index in [1.54, 1.807) is 12.1 Å². The Balaban J connectivity index is 1.96. The van der Waals surface area contributed by atoms with Gasteiger partial charge in [-0.1, -0.05) is 40.9 Å².